The van der Waals surface area contributed by atoms with E-state index in [-0.39, 0.29) is 17.7 Å². The Labute approximate surface area is 169 Å². The highest BCUT2D eigenvalue weighted by atomic mass is 32.1. The largest absolute Gasteiger partial charge is 0.497 e. The quantitative estimate of drug-likeness (QED) is 0.773. The van der Waals surface area contributed by atoms with Crippen molar-refractivity contribution in [3.8, 4) is 5.75 Å². The van der Waals surface area contributed by atoms with E-state index < -0.39 is 0 Å². The first-order chi connectivity index (χ1) is 13.6. The fourth-order valence-corrected chi connectivity index (χ4v) is 4.34. The number of methoxy groups -OCH3 is 1. The molecule has 1 aliphatic rings. The summed E-state index contributed by atoms with van der Waals surface area (Å²) in [4.78, 5) is 30.9. The summed E-state index contributed by atoms with van der Waals surface area (Å²) in [6.07, 6.45) is 3.27. The van der Waals surface area contributed by atoms with Gasteiger partial charge in [-0.15, -0.1) is 11.3 Å². The number of ether oxygens (including phenoxy) is 1. The van der Waals surface area contributed by atoms with Crippen LogP contribution in [0.1, 0.15) is 53.2 Å². The van der Waals surface area contributed by atoms with Crippen LogP contribution in [0.5, 0.6) is 5.75 Å². The molecule has 1 saturated heterocycles. The minimum absolute atomic E-state index is 0.0615. The first-order valence-corrected chi connectivity index (χ1v) is 10.6. The van der Waals surface area contributed by atoms with Gasteiger partial charge in [0.2, 0.25) is 5.91 Å². The predicted molar refractivity (Wildman–Crippen MR) is 110 cm³/mol. The SMILES string of the molecule is CCC(=O)NCCc1csc([C@@H]2CCCN(C(=O)c3ccc(OC)cc3)C2)n1. The Morgan fingerprint density at radius 1 is 1.32 bits per heavy atom. The van der Waals surface area contributed by atoms with Gasteiger partial charge in [0.15, 0.2) is 0 Å². The van der Waals surface area contributed by atoms with E-state index in [1.54, 1.807) is 18.4 Å². The van der Waals surface area contributed by atoms with Crippen LogP contribution in [0.15, 0.2) is 29.6 Å². The Bertz CT molecular complexity index is 803. The number of nitrogens with one attached hydrogen (secondary N) is 1. The van der Waals surface area contributed by atoms with E-state index in [4.69, 9.17) is 9.72 Å². The number of aromatic nitrogens is 1. The minimum Gasteiger partial charge on any atom is -0.497 e. The number of hydrogen-bond donors (Lipinski definition) is 1. The second-order valence-electron chi connectivity index (χ2n) is 6.95. The van der Waals surface area contributed by atoms with Gasteiger partial charge in [0, 0.05) is 49.3 Å². The number of nitrogens with zero attached hydrogens (tertiary/aromatic N) is 2. The Kier molecular flexibility index (Phi) is 7.03. The highest BCUT2D eigenvalue weighted by Gasteiger charge is 2.27. The highest BCUT2D eigenvalue weighted by Crippen LogP contribution is 2.30. The van der Waals surface area contributed by atoms with Gasteiger partial charge in [0.1, 0.15) is 5.75 Å². The van der Waals surface area contributed by atoms with Crippen molar-refractivity contribution >= 4 is 23.2 Å². The van der Waals surface area contributed by atoms with E-state index in [1.807, 2.05) is 36.1 Å². The van der Waals surface area contributed by atoms with E-state index in [2.05, 4.69) is 10.7 Å². The second kappa shape index (κ2) is 9.68. The molecular formula is C21H27N3O3S. The van der Waals surface area contributed by atoms with Gasteiger partial charge in [-0.1, -0.05) is 6.92 Å². The molecule has 28 heavy (non-hydrogen) atoms. The maximum atomic E-state index is 12.8. The van der Waals surface area contributed by atoms with Crippen molar-refractivity contribution in [2.24, 2.45) is 0 Å². The molecular weight excluding hydrogens is 374 g/mol. The van der Waals surface area contributed by atoms with Gasteiger partial charge < -0.3 is 15.0 Å². The van der Waals surface area contributed by atoms with Crippen molar-refractivity contribution in [1.29, 1.82) is 0 Å². The fourth-order valence-electron chi connectivity index (χ4n) is 3.36. The summed E-state index contributed by atoms with van der Waals surface area (Å²) in [6.45, 7) is 3.94. The molecule has 1 fully saturated rings. The van der Waals surface area contributed by atoms with Crippen molar-refractivity contribution < 1.29 is 14.3 Å². The van der Waals surface area contributed by atoms with Crippen molar-refractivity contribution in [2.75, 3.05) is 26.7 Å². The van der Waals surface area contributed by atoms with E-state index in [9.17, 15) is 9.59 Å². The number of rotatable bonds is 7. The van der Waals surface area contributed by atoms with E-state index in [1.165, 1.54) is 0 Å². The Hall–Kier alpha value is -2.41. The zero-order chi connectivity index (χ0) is 19.9. The minimum atomic E-state index is 0.0615. The number of likely N-dealkylation sites (tertiary alicyclic amines) is 1. The van der Waals surface area contributed by atoms with Crippen molar-refractivity contribution in [3.63, 3.8) is 0 Å². The lowest BCUT2D eigenvalue weighted by atomic mass is 9.98. The average Bonchev–Trinajstić information content (AvgIpc) is 3.22. The number of carbonyl (C=O) groups excluding carboxylic acids is 2. The summed E-state index contributed by atoms with van der Waals surface area (Å²) >= 11 is 1.66. The summed E-state index contributed by atoms with van der Waals surface area (Å²) in [7, 11) is 1.62. The monoisotopic (exact) mass is 401 g/mol. The summed E-state index contributed by atoms with van der Waals surface area (Å²) < 4.78 is 5.16. The predicted octanol–water partition coefficient (Wildman–Crippen LogP) is 3.24. The molecule has 1 aliphatic heterocycles. The first kappa shape index (κ1) is 20.3. The van der Waals surface area contributed by atoms with Gasteiger partial charge in [-0.25, -0.2) is 4.98 Å². The van der Waals surface area contributed by atoms with Crippen molar-refractivity contribution in [1.82, 2.24) is 15.2 Å². The molecule has 1 atom stereocenters. The Balaban J connectivity index is 1.58. The van der Waals surface area contributed by atoms with Crippen LogP contribution < -0.4 is 10.1 Å². The van der Waals surface area contributed by atoms with Gasteiger partial charge in [0.05, 0.1) is 17.8 Å². The molecule has 0 radical (unpaired) electrons. The highest BCUT2D eigenvalue weighted by molar-refractivity contribution is 7.09. The van der Waals surface area contributed by atoms with Crippen molar-refractivity contribution in [3.05, 3.63) is 45.9 Å². The molecule has 1 aromatic carbocycles. The van der Waals surface area contributed by atoms with Crippen LogP contribution in [-0.2, 0) is 11.2 Å². The molecule has 7 heteroatoms. The molecule has 0 aliphatic carbocycles. The third-order valence-electron chi connectivity index (χ3n) is 4.99. The first-order valence-electron chi connectivity index (χ1n) is 9.75. The normalized spacial score (nSPS) is 16.6. The number of benzene rings is 1. The van der Waals surface area contributed by atoms with Crippen LogP contribution in [0, 0.1) is 0 Å². The topological polar surface area (TPSA) is 71.5 Å². The molecule has 0 unspecified atom stereocenters. The lowest BCUT2D eigenvalue weighted by Crippen LogP contribution is -2.39. The number of hydrogen-bond acceptors (Lipinski definition) is 5. The molecule has 2 heterocycles. The Morgan fingerprint density at radius 3 is 2.82 bits per heavy atom. The van der Waals surface area contributed by atoms with Gasteiger partial charge >= 0.3 is 0 Å². The molecule has 0 spiro atoms. The van der Waals surface area contributed by atoms with Crippen LogP contribution in [-0.4, -0.2) is 48.4 Å². The summed E-state index contributed by atoms with van der Waals surface area (Å²) in [5.74, 6) is 1.15. The molecule has 1 N–H and O–H groups in total. The van der Waals surface area contributed by atoms with E-state index in [0.717, 1.165) is 42.3 Å². The lowest BCUT2D eigenvalue weighted by Gasteiger charge is -2.32. The molecule has 1 aromatic heterocycles. The molecule has 0 saturated carbocycles. The Morgan fingerprint density at radius 2 is 2.11 bits per heavy atom. The van der Waals surface area contributed by atoms with Gasteiger partial charge in [-0.2, -0.15) is 0 Å². The number of thiazole rings is 1. The zero-order valence-electron chi connectivity index (χ0n) is 16.4. The summed E-state index contributed by atoms with van der Waals surface area (Å²) in [5.41, 5.74) is 1.70. The average molecular weight is 402 g/mol. The van der Waals surface area contributed by atoms with Crippen LogP contribution in [0.25, 0.3) is 0 Å². The van der Waals surface area contributed by atoms with E-state index >= 15 is 0 Å². The van der Waals surface area contributed by atoms with Gasteiger partial charge in [0.25, 0.3) is 5.91 Å². The van der Waals surface area contributed by atoms with Crippen molar-refractivity contribution in [2.45, 2.75) is 38.5 Å². The molecule has 3 rings (SSSR count). The number of piperidine rings is 1. The molecule has 150 valence electrons. The third kappa shape index (κ3) is 5.10. The smallest absolute Gasteiger partial charge is 0.253 e. The van der Waals surface area contributed by atoms with Gasteiger partial charge in [-0.05, 0) is 37.1 Å². The van der Waals surface area contributed by atoms with Crippen LogP contribution >= 0.6 is 11.3 Å². The summed E-state index contributed by atoms with van der Waals surface area (Å²) in [6, 6.07) is 7.27. The molecule has 6 nitrogen and oxygen atoms in total. The maximum absolute atomic E-state index is 12.8. The van der Waals surface area contributed by atoms with Crippen LogP contribution in [0.4, 0.5) is 0 Å². The molecule has 0 bridgehead atoms. The van der Waals surface area contributed by atoms with Crippen LogP contribution in [0.3, 0.4) is 0 Å². The fraction of sp³-hybridized carbons (Fsp3) is 0.476. The van der Waals surface area contributed by atoms with Gasteiger partial charge in [-0.3, -0.25) is 9.59 Å². The second-order valence-corrected chi connectivity index (χ2v) is 7.84. The zero-order valence-corrected chi connectivity index (χ0v) is 17.3. The number of amides is 2. The molecule has 2 aromatic rings. The number of carbonyl (C=O) groups is 2. The van der Waals surface area contributed by atoms with Crippen LogP contribution in [0.2, 0.25) is 0 Å². The maximum Gasteiger partial charge on any atom is 0.253 e. The molecule has 2 amide bonds. The standard InChI is InChI=1S/C21H27N3O3S/c1-3-19(25)22-11-10-17-14-28-20(23-17)16-5-4-12-24(13-16)21(26)15-6-8-18(27-2)9-7-15/h6-9,14,16H,3-5,10-13H2,1-2H3,(H,22,25)/t16-/m1/s1. The van der Waals surface area contributed by atoms with E-state index in [0.29, 0.717) is 25.1 Å². The lowest BCUT2D eigenvalue weighted by molar-refractivity contribution is -0.120. The summed E-state index contributed by atoms with van der Waals surface area (Å²) in [5, 5.41) is 6.04. The third-order valence-corrected chi connectivity index (χ3v) is 6.04.